The van der Waals surface area contributed by atoms with Crippen molar-refractivity contribution < 1.29 is 9.59 Å². The smallest absolute Gasteiger partial charge is 0.319 e. The van der Waals surface area contributed by atoms with Crippen molar-refractivity contribution in [3.63, 3.8) is 0 Å². The number of carbonyl (C=O) groups is 2. The van der Waals surface area contributed by atoms with Gasteiger partial charge in [-0.2, -0.15) is 0 Å². The van der Waals surface area contributed by atoms with Crippen LogP contribution in [0.3, 0.4) is 0 Å². The largest absolute Gasteiger partial charge is 0.340 e. The summed E-state index contributed by atoms with van der Waals surface area (Å²) in [6.45, 7) is 1.29. The molecule has 2 atom stereocenters. The molecule has 5 nitrogen and oxygen atoms in total. The van der Waals surface area contributed by atoms with Crippen LogP contribution in [0.1, 0.15) is 30.7 Å². The SMILES string of the molecule is O=C(Nc1ccc(Cl)cc1)N[C@@H]1CN(C(=O)C2CC2)CC[C@H]1c1ccccc1. The molecule has 0 spiro atoms. The summed E-state index contributed by atoms with van der Waals surface area (Å²) in [4.78, 5) is 27.1. The first-order valence-electron chi connectivity index (χ1n) is 9.77. The lowest BCUT2D eigenvalue weighted by molar-refractivity contribution is -0.134. The van der Waals surface area contributed by atoms with Gasteiger partial charge in [0.1, 0.15) is 0 Å². The number of hydrogen-bond donors (Lipinski definition) is 2. The van der Waals surface area contributed by atoms with Crippen molar-refractivity contribution in [3.05, 3.63) is 65.2 Å². The fourth-order valence-corrected chi connectivity index (χ4v) is 3.98. The lowest BCUT2D eigenvalue weighted by Gasteiger charge is -2.39. The summed E-state index contributed by atoms with van der Waals surface area (Å²) in [6, 6.07) is 16.8. The van der Waals surface area contributed by atoms with E-state index in [0.29, 0.717) is 17.3 Å². The van der Waals surface area contributed by atoms with E-state index in [0.717, 1.165) is 25.8 Å². The number of likely N-dealkylation sites (tertiary alicyclic amines) is 1. The molecule has 0 aromatic heterocycles. The summed E-state index contributed by atoms with van der Waals surface area (Å²) in [7, 11) is 0. The zero-order valence-electron chi connectivity index (χ0n) is 15.6. The lowest BCUT2D eigenvalue weighted by Crippen LogP contribution is -2.54. The van der Waals surface area contributed by atoms with Gasteiger partial charge in [0.2, 0.25) is 5.91 Å². The molecule has 2 N–H and O–H groups in total. The fourth-order valence-electron chi connectivity index (χ4n) is 3.85. The number of benzene rings is 2. The van der Waals surface area contributed by atoms with E-state index in [-0.39, 0.29) is 29.8 Å². The quantitative estimate of drug-likeness (QED) is 0.809. The monoisotopic (exact) mass is 397 g/mol. The van der Waals surface area contributed by atoms with Crippen LogP contribution in [0.15, 0.2) is 54.6 Å². The van der Waals surface area contributed by atoms with Gasteiger partial charge in [0.05, 0.1) is 6.04 Å². The molecule has 146 valence electrons. The van der Waals surface area contributed by atoms with E-state index in [9.17, 15) is 9.59 Å². The fraction of sp³-hybridized carbons (Fsp3) is 0.364. The molecule has 1 aliphatic heterocycles. The maximum atomic E-state index is 12.6. The van der Waals surface area contributed by atoms with Crippen LogP contribution in [0.4, 0.5) is 10.5 Å². The van der Waals surface area contributed by atoms with E-state index in [1.54, 1.807) is 24.3 Å². The molecule has 1 saturated carbocycles. The molecule has 0 unspecified atom stereocenters. The molecule has 2 fully saturated rings. The van der Waals surface area contributed by atoms with Crippen LogP contribution in [0.25, 0.3) is 0 Å². The number of nitrogens with zero attached hydrogens (tertiary/aromatic N) is 1. The van der Waals surface area contributed by atoms with Crippen LogP contribution in [0.5, 0.6) is 0 Å². The molecular formula is C22H24ClN3O2. The molecule has 1 heterocycles. The molecule has 1 saturated heterocycles. The lowest BCUT2D eigenvalue weighted by atomic mass is 9.85. The topological polar surface area (TPSA) is 61.4 Å². The Hall–Kier alpha value is -2.53. The summed E-state index contributed by atoms with van der Waals surface area (Å²) in [5.41, 5.74) is 1.87. The Balaban J connectivity index is 1.47. The summed E-state index contributed by atoms with van der Waals surface area (Å²) in [6.07, 6.45) is 2.83. The second-order valence-electron chi connectivity index (χ2n) is 7.58. The van der Waals surface area contributed by atoms with E-state index in [4.69, 9.17) is 11.6 Å². The molecule has 2 aliphatic rings. The number of piperidine rings is 1. The molecule has 6 heteroatoms. The Morgan fingerprint density at radius 3 is 2.36 bits per heavy atom. The maximum absolute atomic E-state index is 12.6. The molecule has 4 rings (SSSR count). The van der Waals surface area contributed by atoms with E-state index >= 15 is 0 Å². The second-order valence-corrected chi connectivity index (χ2v) is 8.01. The summed E-state index contributed by atoms with van der Waals surface area (Å²) in [5.74, 6) is 0.605. The summed E-state index contributed by atoms with van der Waals surface area (Å²) >= 11 is 5.90. The van der Waals surface area contributed by atoms with Crippen LogP contribution in [-0.2, 0) is 4.79 Å². The molecule has 3 amide bonds. The number of urea groups is 1. The van der Waals surface area contributed by atoms with Crippen molar-refractivity contribution in [1.29, 1.82) is 0 Å². The average Bonchev–Trinajstić information content (AvgIpc) is 3.55. The van der Waals surface area contributed by atoms with Crippen LogP contribution in [0.2, 0.25) is 5.02 Å². The second kappa shape index (κ2) is 8.23. The maximum Gasteiger partial charge on any atom is 0.319 e. The van der Waals surface area contributed by atoms with E-state index in [1.165, 1.54) is 5.56 Å². The van der Waals surface area contributed by atoms with Crippen LogP contribution < -0.4 is 10.6 Å². The Bertz CT molecular complexity index is 837. The van der Waals surface area contributed by atoms with Crippen LogP contribution in [-0.4, -0.2) is 36.0 Å². The molecule has 0 bridgehead atoms. The molecular weight excluding hydrogens is 374 g/mol. The Kier molecular flexibility index (Phi) is 5.53. The van der Waals surface area contributed by atoms with Gasteiger partial charge < -0.3 is 15.5 Å². The Morgan fingerprint density at radius 1 is 0.964 bits per heavy atom. The molecule has 1 aliphatic carbocycles. The highest BCUT2D eigenvalue weighted by Crippen LogP contribution is 2.34. The predicted molar refractivity (Wildman–Crippen MR) is 110 cm³/mol. The van der Waals surface area contributed by atoms with Crippen molar-refractivity contribution in [2.75, 3.05) is 18.4 Å². The molecule has 28 heavy (non-hydrogen) atoms. The third-order valence-corrected chi connectivity index (χ3v) is 5.75. The molecule has 0 radical (unpaired) electrons. The van der Waals surface area contributed by atoms with Crippen molar-refractivity contribution >= 4 is 29.2 Å². The summed E-state index contributed by atoms with van der Waals surface area (Å²) in [5, 5.41) is 6.58. The van der Waals surface area contributed by atoms with Crippen molar-refractivity contribution in [1.82, 2.24) is 10.2 Å². The number of rotatable bonds is 4. The molecule has 2 aromatic carbocycles. The van der Waals surface area contributed by atoms with Gasteiger partial charge >= 0.3 is 6.03 Å². The minimum Gasteiger partial charge on any atom is -0.340 e. The Labute approximate surface area is 170 Å². The minimum absolute atomic E-state index is 0.133. The number of amides is 3. The van der Waals surface area contributed by atoms with E-state index < -0.39 is 0 Å². The predicted octanol–water partition coefficient (Wildman–Crippen LogP) is 4.26. The highest BCUT2D eigenvalue weighted by Gasteiger charge is 2.38. The third kappa shape index (κ3) is 4.47. The van der Waals surface area contributed by atoms with Gasteiger partial charge in [-0.05, 0) is 49.1 Å². The third-order valence-electron chi connectivity index (χ3n) is 5.50. The van der Waals surface area contributed by atoms with Crippen LogP contribution in [0, 0.1) is 5.92 Å². The van der Waals surface area contributed by atoms with Crippen LogP contribution >= 0.6 is 11.6 Å². The highest BCUT2D eigenvalue weighted by molar-refractivity contribution is 6.30. The van der Waals surface area contributed by atoms with Crippen molar-refractivity contribution in [3.8, 4) is 0 Å². The normalized spacial score (nSPS) is 21.8. The average molecular weight is 398 g/mol. The van der Waals surface area contributed by atoms with E-state index in [1.807, 2.05) is 23.1 Å². The summed E-state index contributed by atoms with van der Waals surface area (Å²) < 4.78 is 0. The van der Waals surface area contributed by atoms with Crippen molar-refractivity contribution in [2.24, 2.45) is 5.92 Å². The van der Waals surface area contributed by atoms with Crippen molar-refractivity contribution in [2.45, 2.75) is 31.2 Å². The standard InChI is InChI=1S/C22H24ClN3O2/c23-17-8-10-18(11-9-17)24-22(28)25-20-14-26(21(27)16-6-7-16)13-12-19(20)15-4-2-1-3-5-15/h1-5,8-11,16,19-20H,6-7,12-14H2,(H2,24,25,28)/t19-,20+/m0/s1. The zero-order chi connectivity index (χ0) is 19.5. The van der Waals surface area contributed by atoms with Gasteiger partial charge in [0.25, 0.3) is 0 Å². The van der Waals surface area contributed by atoms with Gasteiger partial charge in [0, 0.05) is 35.6 Å². The minimum atomic E-state index is -0.269. The molecule has 2 aromatic rings. The first-order chi connectivity index (χ1) is 13.6. The first-order valence-corrected chi connectivity index (χ1v) is 10.1. The van der Waals surface area contributed by atoms with Gasteiger partial charge in [0.15, 0.2) is 0 Å². The first kappa shape index (κ1) is 18.8. The van der Waals surface area contributed by atoms with Gasteiger partial charge in [-0.15, -0.1) is 0 Å². The number of hydrogen-bond acceptors (Lipinski definition) is 2. The highest BCUT2D eigenvalue weighted by atomic mass is 35.5. The Morgan fingerprint density at radius 2 is 1.68 bits per heavy atom. The zero-order valence-corrected chi connectivity index (χ0v) is 16.4. The number of halogens is 1. The number of nitrogens with one attached hydrogen (secondary N) is 2. The van der Waals surface area contributed by atoms with Gasteiger partial charge in [-0.1, -0.05) is 41.9 Å². The van der Waals surface area contributed by atoms with Gasteiger partial charge in [-0.25, -0.2) is 4.79 Å². The van der Waals surface area contributed by atoms with E-state index in [2.05, 4.69) is 22.8 Å². The van der Waals surface area contributed by atoms with Gasteiger partial charge in [-0.3, -0.25) is 4.79 Å². The number of carbonyl (C=O) groups excluding carboxylic acids is 2. The number of anilines is 1.